The molecule has 0 saturated heterocycles. The minimum atomic E-state index is -0.303. The summed E-state index contributed by atoms with van der Waals surface area (Å²) in [7, 11) is 0. The highest BCUT2D eigenvalue weighted by molar-refractivity contribution is 5.61. The summed E-state index contributed by atoms with van der Waals surface area (Å²) in [6, 6.07) is 17.0. The number of nitrogens with zero attached hydrogens (tertiary/aromatic N) is 2. The maximum absolute atomic E-state index is 11.3. The lowest BCUT2D eigenvalue weighted by atomic mass is 9.90. The normalized spacial score (nSPS) is 16.8. The Labute approximate surface area is 148 Å². The summed E-state index contributed by atoms with van der Waals surface area (Å²) in [6.45, 7) is 0. The van der Waals surface area contributed by atoms with Gasteiger partial charge >= 0.3 is 0 Å². The van der Waals surface area contributed by atoms with E-state index in [-0.39, 0.29) is 16.7 Å². The summed E-state index contributed by atoms with van der Waals surface area (Å²) in [5, 5.41) is 11.3. The van der Waals surface area contributed by atoms with Gasteiger partial charge in [-0.15, -0.1) is 0 Å². The molecule has 0 aromatic heterocycles. The topological polar surface area (TPSA) is 55.5 Å². The average Bonchev–Trinajstić information content (AvgIpc) is 2.67. The van der Waals surface area contributed by atoms with Gasteiger partial charge in [0.15, 0.2) is 0 Å². The fourth-order valence-electron chi connectivity index (χ4n) is 3.51. The van der Waals surface area contributed by atoms with Crippen molar-refractivity contribution < 1.29 is 4.92 Å². The van der Waals surface area contributed by atoms with Crippen molar-refractivity contribution in [3.8, 4) is 0 Å². The van der Waals surface area contributed by atoms with E-state index < -0.39 is 0 Å². The number of nitro groups is 1. The quantitative estimate of drug-likeness (QED) is 0.395. The molecule has 1 atom stereocenters. The third kappa shape index (κ3) is 4.75. The van der Waals surface area contributed by atoms with Crippen LogP contribution in [0.1, 0.15) is 49.3 Å². The van der Waals surface area contributed by atoms with E-state index >= 15 is 0 Å². The zero-order valence-electron chi connectivity index (χ0n) is 14.4. The molecular weight excluding hydrogens is 312 g/mol. The molecule has 0 bridgehead atoms. The number of hydrogen-bond acceptors (Lipinski definition) is 3. The zero-order valence-corrected chi connectivity index (χ0v) is 14.4. The minimum absolute atomic E-state index is 0.0794. The first kappa shape index (κ1) is 17.3. The van der Waals surface area contributed by atoms with Gasteiger partial charge in [-0.1, -0.05) is 67.8 Å². The first-order valence-corrected chi connectivity index (χ1v) is 9.04. The smallest absolute Gasteiger partial charge is 0.272 e. The van der Waals surface area contributed by atoms with E-state index in [1.165, 1.54) is 32.1 Å². The van der Waals surface area contributed by atoms with Crippen molar-refractivity contribution in [2.24, 2.45) is 10.9 Å². The number of aliphatic imine (C=N–C) groups is 1. The van der Waals surface area contributed by atoms with Crippen LogP contribution in [0.15, 0.2) is 59.6 Å². The van der Waals surface area contributed by atoms with Crippen LogP contribution in [0.25, 0.3) is 0 Å². The van der Waals surface area contributed by atoms with E-state index in [2.05, 4.69) is 18.3 Å². The first-order valence-electron chi connectivity index (χ1n) is 9.04. The predicted molar refractivity (Wildman–Crippen MR) is 101 cm³/mol. The highest BCUT2D eigenvalue weighted by Crippen LogP contribution is 2.29. The summed E-state index contributed by atoms with van der Waals surface area (Å²) in [5.74, 6) is 0.547. The third-order valence-electron chi connectivity index (χ3n) is 4.91. The molecule has 1 unspecified atom stereocenters. The zero-order chi connectivity index (χ0) is 17.5. The van der Waals surface area contributed by atoms with Gasteiger partial charge in [0.2, 0.25) is 0 Å². The van der Waals surface area contributed by atoms with Gasteiger partial charge in [0, 0.05) is 24.3 Å². The van der Waals surface area contributed by atoms with Crippen LogP contribution in [0.5, 0.6) is 0 Å². The monoisotopic (exact) mass is 336 g/mol. The summed E-state index contributed by atoms with van der Waals surface area (Å²) in [5.41, 5.74) is 2.02. The number of nitro benzene ring substituents is 1. The van der Waals surface area contributed by atoms with Crippen molar-refractivity contribution in [1.29, 1.82) is 0 Å². The van der Waals surface area contributed by atoms with Crippen LogP contribution in [-0.4, -0.2) is 11.1 Å². The Balaban J connectivity index is 1.84. The van der Waals surface area contributed by atoms with Gasteiger partial charge in [-0.2, -0.15) is 0 Å². The molecule has 3 rings (SSSR count). The third-order valence-corrected chi connectivity index (χ3v) is 4.91. The van der Waals surface area contributed by atoms with E-state index in [0.717, 1.165) is 11.1 Å². The Bertz CT molecular complexity index is 722. The second-order valence-corrected chi connectivity index (χ2v) is 6.71. The Kier molecular flexibility index (Phi) is 5.94. The van der Waals surface area contributed by atoms with Crippen LogP contribution in [0.2, 0.25) is 0 Å². The van der Waals surface area contributed by atoms with Gasteiger partial charge in [-0.05, 0) is 24.3 Å². The van der Waals surface area contributed by atoms with Crippen molar-refractivity contribution in [2.45, 2.75) is 44.6 Å². The number of hydrogen-bond donors (Lipinski definition) is 0. The van der Waals surface area contributed by atoms with Crippen molar-refractivity contribution in [3.05, 3.63) is 75.8 Å². The van der Waals surface area contributed by atoms with Gasteiger partial charge in [0.25, 0.3) is 5.69 Å². The molecule has 4 nitrogen and oxygen atoms in total. The molecule has 4 heteroatoms. The highest BCUT2D eigenvalue weighted by Gasteiger charge is 2.19. The SMILES string of the molecule is O=[N+]([O-])c1ccccc1CC(N=CC1CCCCC1)c1ccccc1. The predicted octanol–water partition coefficient (Wildman–Crippen LogP) is 5.53. The fourth-order valence-corrected chi connectivity index (χ4v) is 3.51. The van der Waals surface area contributed by atoms with Crippen LogP contribution in [0.4, 0.5) is 5.69 Å². The van der Waals surface area contributed by atoms with Crippen LogP contribution < -0.4 is 0 Å². The molecule has 2 aromatic carbocycles. The Morgan fingerprint density at radius 1 is 1.04 bits per heavy atom. The molecule has 1 fully saturated rings. The molecule has 0 N–H and O–H groups in total. The maximum atomic E-state index is 11.3. The second kappa shape index (κ2) is 8.56. The molecule has 0 radical (unpaired) electrons. The molecule has 0 amide bonds. The Morgan fingerprint density at radius 2 is 1.72 bits per heavy atom. The number of rotatable bonds is 6. The lowest BCUT2D eigenvalue weighted by molar-refractivity contribution is -0.385. The molecule has 0 heterocycles. The summed E-state index contributed by atoms with van der Waals surface area (Å²) in [6.07, 6.45) is 8.93. The molecule has 1 aliphatic rings. The molecule has 1 saturated carbocycles. The summed E-state index contributed by atoms with van der Waals surface area (Å²) >= 11 is 0. The van der Waals surface area contributed by atoms with Crippen LogP contribution in [0.3, 0.4) is 0 Å². The Morgan fingerprint density at radius 3 is 2.44 bits per heavy atom. The average molecular weight is 336 g/mol. The van der Waals surface area contributed by atoms with E-state index in [0.29, 0.717) is 12.3 Å². The molecule has 2 aromatic rings. The van der Waals surface area contributed by atoms with Gasteiger partial charge in [-0.3, -0.25) is 15.1 Å². The molecule has 25 heavy (non-hydrogen) atoms. The van der Waals surface area contributed by atoms with Gasteiger partial charge in [0.05, 0.1) is 11.0 Å². The van der Waals surface area contributed by atoms with Crippen LogP contribution >= 0.6 is 0 Å². The van der Waals surface area contributed by atoms with Crippen molar-refractivity contribution in [1.82, 2.24) is 0 Å². The largest absolute Gasteiger partial charge is 0.289 e. The lowest BCUT2D eigenvalue weighted by Gasteiger charge is -2.19. The second-order valence-electron chi connectivity index (χ2n) is 6.71. The van der Waals surface area contributed by atoms with Gasteiger partial charge in [-0.25, -0.2) is 0 Å². The molecular formula is C21H24N2O2. The number of benzene rings is 2. The molecule has 0 aliphatic heterocycles. The standard InChI is InChI=1S/C21H24N2O2/c24-23(25)21-14-8-7-13-19(21)15-20(18-11-5-2-6-12-18)22-16-17-9-3-1-4-10-17/h2,5-8,11-14,16-17,20H,1,3-4,9-10,15H2. The molecule has 130 valence electrons. The van der Waals surface area contributed by atoms with Crippen molar-refractivity contribution in [2.75, 3.05) is 0 Å². The maximum Gasteiger partial charge on any atom is 0.272 e. The van der Waals surface area contributed by atoms with Crippen LogP contribution in [-0.2, 0) is 6.42 Å². The summed E-state index contributed by atoms with van der Waals surface area (Å²) in [4.78, 5) is 15.9. The Hall–Kier alpha value is -2.49. The highest BCUT2D eigenvalue weighted by atomic mass is 16.6. The van der Waals surface area contributed by atoms with E-state index in [9.17, 15) is 10.1 Å². The molecule has 1 aliphatic carbocycles. The van der Waals surface area contributed by atoms with E-state index in [1.807, 2.05) is 30.3 Å². The van der Waals surface area contributed by atoms with Crippen molar-refractivity contribution >= 4 is 11.9 Å². The molecule has 0 spiro atoms. The van der Waals surface area contributed by atoms with E-state index in [1.54, 1.807) is 12.1 Å². The van der Waals surface area contributed by atoms with Crippen LogP contribution in [0, 0.1) is 16.0 Å². The fraction of sp³-hybridized carbons (Fsp3) is 0.381. The van der Waals surface area contributed by atoms with Gasteiger partial charge in [0.1, 0.15) is 0 Å². The first-order chi connectivity index (χ1) is 12.2. The lowest BCUT2D eigenvalue weighted by Crippen LogP contribution is -2.09. The summed E-state index contributed by atoms with van der Waals surface area (Å²) < 4.78 is 0. The van der Waals surface area contributed by atoms with E-state index in [4.69, 9.17) is 4.99 Å². The van der Waals surface area contributed by atoms with Crippen molar-refractivity contribution in [3.63, 3.8) is 0 Å². The van der Waals surface area contributed by atoms with Gasteiger partial charge < -0.3 is 0 Å². The minimum Gasteiger partial charge on any atom is -0.289 e. The number of para-hydroxylation sites is 1.